The van der Waals surface area contributed by atoms with Crippen molar-refractivity contribution in [1.29, 1.82) is 0 Å². The number of hydrogen-bond acceptors (Lipinski definition) is 3. The molecule has 2 nitrogen and oxygen atoms in total. The van der Waals surface area contributed by atoms with Crippen molar-refractivity contribution in [3.63, 3.8) is 0 Å². The maximum atomic E-state index is 4.57. The van der Waals surface area contributed by atoms with Gasteiger partial charge in [-0.25, -0.2) is 4.98 Å². The van der Waals surface area contributed by atoms with Gasteiger partial charge in [0.05, 0.1) is 10.7 Å². The first-order valence-corrected chi connectivity index (χ1v) is 8.35. The number of rotatable bonds is 4. The molecule has 20 heavy (non-hydrogen) atoms. The number of aryl methyl sites for hydroxylation is 1. The van der Waals surface area contributed by atoms with E-state index in [-0.39, 0.29) is 0 Å². The van der Waals surface area contributed by atoms with Crippen molar-refractivity contribution in [3.05, 3.63) is 52.0 Å². The van der Waals surface area contributed by atoms with E-state index in [4.69, 9.17) is 0 Å². The highest BCUT2D eigenvalue weighted by Crippen LogP contribution is 2.23. The molecule has 1 saturated heterocycles. The first-order chi connectivity index (χ1) is 9.79. The molecule has 1 fully saturated rings. The molecule has 1 aromatic heterocycles. The fourth-order valence-corrected chi connectivity index (χ4v) is 3.61. The second kappa shape index (κ2) is 6.51. The van der Waals surface area contributed by atoms with Gasteiger partial charge in [-0.05, 0) is 50.8 Å². The standard InChI is InChI=1S/C17H22N2S/c1-14-18-17(13-20-14)12-19-9-7-16(8-10-19)11-15-5-3-2-4-6-15/h2-6,13,16H,7-12H2,1H3. The van der Waals surface area contributed by atoms with Crippen LogP contribution in [-0.2, 0) is 13.0 Å². The number of nitrogens with zero attached hydrogens (tertiary/aromatic N) is 2. The fourth-order valence-electron chi connectivity index (χ4n) is 3.01. The van der Waals surface area contributed by atoms with Crippen molar-refractivity contribution in [2.24, 2.45) is 5.92 Å². The van der Waals surface area contributed by atoms with Gasteiger partial charge in [0.2, 0.25) is 0 Å². The minimum atomic E-state index is 0.853. The molecule has 0 radical (unpaired) electrons. The molecule has 1 aromatic carbocycles. The third-order valence-corrected chi connectivity index (χ3v) is 4.95. The maximum absolute atomic E-state index is 4.57. The van der Waals surface area contributed by atoms with E-state index < -0.39 is 0 Å². The molecule has 2 aromatic rings. The molecule has 3 heteroatoms. The Morgan fingerprint density at radius 2 is 1.95 bits per heavy atom. The Morgan fingerprint density at radius 1 is 1.20 bits per heavy atom. The Bertz CT molecular complexity index is 527. The average Bonchev–Trinajstić information content (AvgIpc) is 2.88. The first kappa shape index (κ1) is 13.8. The lowest BCUT2D eigenvalue weighted by molar-refractivity contribution is 0.175. The van der Waals surface area contributed by atoms with Gasteiger partial charge in [0.1, 0.15) is 0 Å². The molecular formula is C17H22N2S. The summed E-state index contributed by atoms with van der Waals surface area (Å²) < 4.78 is 0. The summed E-state index contributed by atoms with van der Waals surface area (Å²) in [5.41, 5.74) is 2.73. The van der Waals surface area contributed by atoms with Crippen molar-refractivity contribution >= 4 is 11.3 Å². The lowest BCUT2D eigenvalue weighted by Gasteiger charge is -2.31. The molecule has 0 spiro atoms. The van der Waals surface area contributed by atoms with Crippen LogP contribution in [0, 0.1) is 12.8 Å². The third-order valence-electron chi connectivity index (χ3n) is 4.13. The van der Waals surface area contributed by atoms with Crippen LogP contribution in [0.1, 0.15) is 29.1 Å². The highest BCUT2D eigenvalue weighted by molar-refractivity contribution is 7.09. The van der Waals surface area contributed by atoms with E-state index >= 15 is 0 Å². The largest absolute Gasteiger partial charge is 0.297 e. The Morgan fingerprint density at radius 3 is 2.60 bits per heavy atom. The van der Waals surface area contributed by atoms with Crippen LogP contribution < -0.4 is 0 Å². The van der Waals surface area contributed by atoms with Crippen LogP contribution in [0.4, 0.5) is 0 Å². The van der Waals surface area contributed by atoms with Gasteiger partial charge in [-0.15, -0.1) is 11.3 Å². The molecule has 0 saturated carbocycles. The molecule has 106 valence electrons. The monoisotopic (exact) mass is 286 g/mol. The maximum Gasteiger partial charge on any atom is 0.0897 e. The Kier molecular flexibility index (Phi) is 4.48. The predicted octanol–water partition coefficient (Wildman–Crippen LogP) is 3.91. The van der Waals surface area contributed by atoms with Crippen LogP contribution in [0.15, 0.2) is 35.7 Å². The molecule has 1 aliphatic heterocycles. The summed E-state index contributed by atoms with van der Waals surface area (Å²) in [6.07, 6.45) is 3.88. The van der Waals surface area contributed by atoms with Gasteiger partial charge in [0.15, 0.2) is 0 Å². The second-order valence-corrected chi connectivity index (χ2v) is 6.83. The van der Waals surface area contributed by atoms with E-state index in [1.54, 1.807) is 11.3 Å². The van der Waals surface area contributed by atoms with Gasteiger partial charge in [0, 0.05) is 11.9 Å². The molecule has 1 aliphatic rings. The SMILES string of the molecule is Cc1nc(CN2CCC(Cc3ccccc3)CC2)cs1. The van der Waals surface area contributed by atoms with E-state index in [2.05, 4.69) is 52.5 Å². The third kappa shape index (κ3) is 3.68. The Labute approximate surface area is 125 Å². The van der Waals surface area contributed by atoms with E-state index in [0.29, 0.717) is 0 Å². The minimum absolute atomic E-state index is 0.853. The van der Waals surface area contributed by atoms with E-state index in [1.165, 1.54) is 48.6 Å². The molecule has 2 heterocycles. The van der Waals surface area contributed by atoms with Crippen LogP contribution in [0.2, 0.25) is 0 Å². The number of likely N-dealkylation sites (tertiary alicyclic amines) is 1. The summed E-state index contributed by atoms with van der Waals surface area (Å²) in [5, 5.41) is 3.38. The van der Waals surface area contributed by atoms with Crippen LogP contribution in [0.3, 0.4) is 0 Å². The van der Waals surface area contributed by atoms with E-state index in [9.17, 15) is 0 Å². The molecular weight excluding hydrogens is 264 g/mol. The topological polar surface area (TPSA) is 16.1 Å². The number of piperidine rings is 1. The van der Waals surface area contributed by atoms with Gasteiger partial charge < -0.3 is 0 Å². The van der Waals surface area contributed by atoms with Crippen LogP contribution >= 0.6 is 11.3 Å². The number of hydrogen-bond donors (Lipinski definition) is 0. The van der Waals surface area contributed by atoms with Crippen LogP contribution in [-0.4, -0.2) is 23.0 Å². The fraction of sp³-hybridized carbons (Fsp3) is 0.471. The zero-order valence-electron chi connectivity index (χ0n) is 12.1. The first-order valence-electron chi connectivity index (χ1n) is 7.47. The Hall–Kier alpha value is -1.19. The summed E-state index contributed by atoms with van der Waals surface area (Å²) in [6, 6.07) is 10.9. The van der Waals surface area contributed by atoms with Gasteiger partial charge in [-0.3, -0.25) is 4.90 Å². The molecule has 0 aliphatic carbocycles. The van der Waals surface area contributed by atoms with Crippen molar-refractivity contribution in [1.82, 2.24) is 9.88 Å². The summed E-state index contributed by atoms with van der Waals surface area (Å²) in [4.78, 5) is 7.12. The zero-order valence-corrected chi connectivity index (χ0v) is 12.9. The lowest BCUT2D eigenvalue weighted by atomic mass is 9.90. The van der Waals surface area contributed by atoms with Gasteiger partial charge in [-0.1, -0.05) is 30.3 Å². The highest BCUT2D eigenvalue weighted by atomic mass is 32.1. The van der Waals surface area contributed by atoms with E-state index in [0.717, 1.165) is 12.5 Å². The van der Waals surface area contributed by atoms with Crippen molar-refractivity contribution in [2.75, 3.05) is 13.1 Å². The summed E-state index contributed by atoms with van der Waals surface area (Å²) in [6.45, 7) is 5.55. The highest BCUT2D eigenvalue weighted by Gasteiger charge is 2.19. The van der Waals surface area contributed by atoms with Crippen molar-refractivity contribution < 1.29 is 0 Å². The molecule has 0 atom stereocenters. The normalized spacial score (nSPS) is 17.4. The van der Waals surface area contributed by atoms with Crippen LogP contribution in [0.25, 0.3) is 0 Å². The van der Waals surface area contributed by atoms with Gasteiger partial charge >= 0.3 is 0 Å². The average molecular weight is 286 g/mol. The molecule has 3 rings (SSSR count). The number of benzene rings is 1. The minimum Gasteiger partial charge on any atom is -0.297 e. The van der Waals surface area contributed by atoms with Crippen molar-refractivity contribution in [2.45, 2.75) is 32.7 Å². The molecule has 0 amide bonds. The number of thiazole rings is 1. The van der Waals surface area contributed by atoms with E-state index in [1.807, 2.05) is 0 Å². The summed E-state index contributed by atoms with van der Waals surface area (Å²) in [7, 11) is 0. The second-order valence-electron chi connectivity index (χ2n) is 5.77. The molecule has 0 N–H and O–H groups in total. The molecule has 0 unspecified atom stereocenters. The lowest BCUT2D eigenvalue weighted by Crippen LogP contribution is -2.33. The smallest absolute Gasteiger partial charge is 0.0897 e. The van der Waals surface area contributed by atoms with Crippen molar-refractivity contribution in [3.8, 4) is 0 Å². The van der Waals surface area contributed by atoms with Crippen LogP contribution in [0.5, 0.6) is 0 Å². The summed E-state index contributed by atoms with van der Waals surface area (Å²) in [5.74, 6) is 0.853. The summed E-state index contributed by atoms with van der Waals surface area (Å²) >= 11 is 1.76. The van der Waals surface area contributed by atoms with Gasteiger partial charge in [0.25, 0.3) is 0 Å². The predicted molar refractivity (Wildman–Crippen MR) is 85.0 cm³/mol. The molecule has 0 bridgehead atoms. The quantitative estimate of drug-likeness (QED) is 0.847. The van der Waals surface area contributed by atoms with Gasteiger partial charge in [-0.2, -0.15) is 0 Å². The Balaban J connectivity index is 1.47. The zero-order chi connectivity index (χ0) is 13.8. The number of aromatic nitrogens is 1.